The van der Waals surface area contributed by atoms with Gasteiger partial charge in [-0.1, -0.05) is 17.7 Å². The van der Waals surface area contributed by atoms with Crippen LogP contribution in [0, 0.1) is 6.92 Å². The first kappa shape index (κ1) is 15.2. The molecule has 24 heavy (non-hydrogen) atoms. The van der Waals surface area contributed by atoms with E-state index in [0.717, 1.165) is 30.3 Å². The van der Waals surface area contributed by atoms with E-state index in [2.05, 4.69) is 15.5 Å². The van der Waals surface area contributed by atoms with Crippen LogP contribution in [0.25, 0.3) is 0 Å². The van der Waals surface area contributed by atoms with Crippen LogP contribution in [0.5, 0.6) is 0 Å². The smallest absolute Gasteiger partial charge is 0.321 e. The summed E-state index contributed by atoms with van der Waals surface area (Å²) in [5.74, 6) is 2.31. The first-order valence-electron chi connectivity index (χ1n) is 8.65. The molecular weight excluding hydrogens is 304 g/mol. The fourth-order valence-electron chi connectivity index (χ4n) is 3.08. The SMILES string of the molecule is Cc1ccc(NC(=O)N2CCC(c3nnc(C4CC4)o3)CC2)cc1. The minimum absolute atomic E-state index is 0.0403. The number of aromatic nitrogens is 2. The van der Waals surface area contributed by atoms with Crippen LogP contribution in [0.15, 0.2) is 28.7 Å². The third kappa shape index (κ3) is 3.27. The summed E-state index contributed by atoms with van der Waals surface area (Å²) in [6.45, 7) is 3.45. The number of urea groups is 1. The molecule has 1 aliphatic carbocycles. The zero-order chi connectivity index (χ0) is 16.5. The molecule has 1 saturated carbocycles. The molecule has 1 saturated heterocycles. The predicted molar refractivity (Wildman–Crippen MR) is 90.0 cm³/mol. The number of carbonyl (C=O) groups is 1. The Morgan fingerprint density at radius 1 is 1.04 bits per heavy atom. The third-order valence-electron chi connectivity index (χ3n) is 4.82. The van der Waals surface area contributed by atoms with Gasteiger partial charge in [0.15, 0.2) is 0 Å². The molecule has 0 radical (unpaired) electrons. The van der Waals surface area contributed by atoms with Crippen LogP contribution in [0.2, 0.25) is 0 Å². The molecule has 1 aromatic carbocycles. The van der Waals surface area contributed by atoms with Crippen molar-refractivity contribution < 1.29 is 9.21 Å². The first-order chi connectivity index (χ1) is 11.7. The zero-order valence-corrected chi connectivity index (χ0v) is 13.9. The highest BCUT2D eigenvalue weighted by atomic mass is 16.4. The van der Waals surface area contributed by atoms with E-state index < -0.39 is 0 Å². The second-order valence-corrected chi connectivity index (χ2v) is 6.81. The lowest BCUT2D eigenvalue weighted by atomic mass is 9.97. The van der Waals surface area contributed by atoms with E-state index in [1.807, 2.05) is 36.1 Å². The standard InChI is InChI=1S/C18H22N4O2/c1-12-2-6-15(7-3-12)19-18(23)22-10-8-14(9-11-22)17-21-20-16(24-17)13-4-5-13/h2-3,6-7,13-14H,4-5,8-11H2,1H3,(H,19,23). The molecule has 2 fully saturated rings. The molecule has 126 valence electrons. The van der Waals surface area contributed by atoms with Gasteiger partial charge in [-0.05, 0) is 44.7 Å². The lowest BCUT2D eigenvalue weighted by Crippen LogP contribution is -2.40. The summed E-state index contributed by atoms with van der Waals surface area (Å²) in [5, 5.41) is 11.3. The fraction of sp³-hybridized carbons (Fsp3) is 0.500. The van der Waals surface area contributed by atoms with E-state index in [1.165, 1.54) is 18.4 Å². The Balaban J connectivity index is 1.31. The van der Waals surface area contributed by atoms with Gasteiger partial charge in [0.2, 0.25) is 11.8 Å². The molecule has 0 spiro atoms. The fourth-order valence-corrected chi connectivity index (χ4v) is 3.08. The van der Waals surface area contributed by atoms with Crippen LogP contribution < -0.4 is 5.32 Å². The Labute approximate surface area is 141 Å². The molecule has 6 nitrogen and oxygen atoms in total. The van der Waals surface area contributed by atoms with Gasteiger partial charge in [-0.2, -0.15) is 0 Å². The lowest BCUT2D eigenvalue weighted by molar-refractivity contribution is 0.189. The molecule has 2 aliphatic rings. The average Bonchev–Trinajstić information content (AvgIpc) is 3.34. The van der Waals surface area contributed by atoms with Crippen LogP contribution in [0.4, 0.5) is 10.5 Å². The Morgan fingerprint density at radius 2 is 1.62 bits per heavy atom. The number of nitrogens with zero attached hydrogens (tertiary/aromatic N) is 3. The molecule has 6 heteroatoms. The predicted octanol–water partition coefficient (Wildman–Crippen LogP) is 3.67. The molecule has 2 aromatic rings. The second-order valence-electron chi connectivity index (χ2n) is 6.81. The average molecular weight is 326 g/mol. The third-order valence-corrected chi connectivity index (χ3v) is 4.82. The number of piperidine rings is 1. The van der Waals surface area contributed by atoms with Gasteiger partial charge < -0.3 is 14.6 Å². The van der Waals surface area contributed by atoms with Crippen molar-refractivity contribution in [1.29, 1.82) is 0 Å². The summed E-state index contributed by atoms with van der Waals surface area (Å²) >= 11 is 0. The molecule has 2 heterocycles. The van der Waals surface area contributed by atoms with Gasteiger partial charge in [-0.25, -0.2) is 4.79 Å². The van der Waals surface area contributed by atoms with E-state index in [1.54, 1.807) is 0 Å². The van der Waals surface area contributed by atoms with Crippen molar-refractivity contribution in [2.45, 2.75) is 44.4 Å². The van der Waals surface area contributed by atoms with E-state index in [-0.39, 0.29) is 11.9 Å². The highest BCUT2D eigenvalue weighted by Crippen LogP contribution is 2.40. The molecule has 2 amide bonds. The zero-order valence-electron chi connectivity index (χ0n) is 13.9. The van der Waals surface area contributed by atoms with E-state index in [0.29, 0.717) is 19.0 Å². The molecule has 4 rings (SSSR count). The number of anilines is 1. The highest BCUT2D eigenvalue weighted by Gasteiger charge is 2.32. The van der Waals surface area contributed by atoms with Gasteiger partial charge in [-0.3, -0.25) is 0 Å². The number of carbonyl (C=O) groups excluding carboxylic acids is 1. The number of nitrogens with one attached hydrogen (secondary N) is 1. The Bertz CT molecular complexity index is 713. The van der Waals surface area contributed by atoms with Crippen LogP contribution in [0.1, 0.15) is 54.9 Å². The van der Waals surface area contributed by atoms with Crippen LogP contribution in [-0.4, -0.2) is 34.2 Å². The summed E-state index contributed by atoms with van der Waals surface area (Å²) in [4.78, 5) is 14.2. The Morgan fingerprint density at radius 3 is 2.21 bits per heavy atom. The van der Waals surface area contributed by atoms with E-state index in [4.69, 9.17) is 4.42 Å². The van der Waals surface area contributed by atoms with Gasteiger partial charge in [0.25, 0.3) is 0 Å². The van der Waals surface area contributed by atoms with Crippen molar-refractivity contribution >= 4 is 11.7 Å². The number of amides is 2. The minimum atomic E-state index is -0.0403. The number of likely N-dealkylation sites (tertiary alicyclic amines) is 1. The summed E-state index contributed by atoms with van der Waals surface area (Å²) in [5.41, 5.74) is 2.01. The molecule has 0 atom stereocenters. The van der Waals surface area contributed by atoms with Crippen LogP contribution in [0.3, 0.4) is 0 Å². The summed E-state index contributed by atoms with van der Waals surface area (Å²) < 4.78 is 5.81. The summed E-state index contributed by atoms with van der Waals surface area (Å²) in [7, 11) is 0. The van der Waals surface area contributed by atoms with Crippen molar-refractivity contribution in [2.75, 3.05) is 18.4 Å². The van der Waals surface area contributed by atoms with Gasteiger partial charge >= 0.3 is 6.03 Å². The second kappa shape index (κ2) is 6.26. The monoisotopic (exact) mass is 326 g/mol. The van der Waals surface area contributed by atoms with Gasteiger partial charge in [0.1, 0.15) is 0 Å². The number of aryl methyl sites for hydroxylation is 1. The van der Waals surface area contributed by atoms with E-state index >= 15 is 0 Å². The van der Waals surface area contributed by atoms with Crippen molar-refractivity contribution in [1.82, 2.24) is 15.1 Å². The van der Waals surface area contributed by atoms with Crippen molar-refractivity contribution in [3.8, 4) is 0 Å². The van der Waals surface area contributed by atoms with Crippen molar-refractivity contribution in [2.24, 2.45) is 0 Å². The highest BCUT2D eigenvalue weighted by molar-refractivity contribution is 5.89. The molecule has 0 unspecified atom stereocenters. The normalized spacial score (nSPS) is 18.6. The molecule has 0 bridgehead atoms. The van der Waals surface area contributed by atoms with Crippen molar-refractivity contribution in [3.63, 3.8) is 0 Å². The van der Waals surface area contributed by atoms with Gasteiger partial charge in [0.05, 0.1) is 0 Å². The maximum Gasteiger partial charge on any atom is 0.321 e. The molecular formula is C18H22N4O2. The van der Waals surface area contributed by atoms with Crippen molar-refractivity contribution in [3.05, 3.63) is 41.6 Å². The lowest BCUT2D eigenvalue weighted by Gasteiger charge is -2.30. The topological polar surface area (TPSA) is 71.3 Å². The van der Waals surface area contributed by atoms with Gasteiger partial charge in [0, 0.05) is 30.6 Å². The number of hydrogen-bond acceptors (Lipinski definition) is 4. The Kier molecular flexibility index (Phi) is 3.96. The molecule has 1 aromatic heterocycles. The molecule has 1 N–H and O–H groups in total. The summed E-state index contributed by atoms with van der Waals surface area (Å²) in [6.07, 6.45) is 4.07. The minimum Gasteiger partial charge on any atom is -0.425 e. The Hall–Kier alpha value is -2.37. The maximum atomic E-state index is 12.4. The number of rotatable bonds is 3. The molecule has 1 aliphatic heterocycles. The summed E-state index contributed by atoms with van der Waals surface area (Å²) in [6, 6.07) is 7.81. The maximum absolute atomic E-state index is 12.4. The van der Waals surface area contributed by atoms with E-state index in [9.17, 15) is 4.79 Å². The quantitative estimate of drug-likeness (QED) is 0.934. The first-order valence-corrected chi connectivity index (χ1v) is 8.65. The van der Waals surface area contributed by atoms with Crippen LogP contribution in [-0.2, 0) is 0 Å². The largest absolute Gasteiger partial charge is 0.425 e. The number of benzene rings is 1. The van der Waals surface area contributed by atoms with Crippen LogP contribution >= 0.6 is 0 Å². The van der Waals surface area contributed by atoms with Gasteiger partial charge in [-0.15, -0.1) is 10.2 Å². The number of hydrogen-bond donors (Lipinski definition) is 1.